The molecule has 0 spiro atoms. The van der Waals surface area contributed by atoms with Crippen LogP contribution < -0.4 is 5.32 Å². The second-order valence-corrected chi connectivity index (χ2v) is 9.69. The van der Waals surface area contributed by atoms with E-state index >= 15 is 0 Å². The Morgan fingerprint density at radius 3 is 2.68 bits per heavy atom. The van der Waals surface area contributed by atoms with Gasteiger partial charge in [-0.05, 0) is 44.1 Å². The van der Waals surface area contributed by atoms with Crippen LogP contribution in [0.1, 0.15) is 85.5 Å². The molecule has 0 saturated heterocycles. The molecule has 3 heteroatoms. The molecular formula is C28H43N3. The first-order valence-electron chi connectivity index (χ1n) is 12.5. The second-order valence-electron chi connectivity index (χ2n) is 9.69. The SMILES string of the molecule is C=C1NC(C2=CC=C(C)CC2)=NC2=C1CN(C(=C)CC(CC)CCC)CC2CCCC. The van der Waals surface area contributed by atoms with Crippen molar-refractivity contribution in [1.29, 1.82) is 0 Å². The molecule has 0 amide bonds. The van der Waals surface area contributed by atoms with Crippen molar-refractivity contribution in [2.75, 3.05) is 13.1 Å². The van der Waals surface area contributed by atoms with Crippen molar-refractivity contribution in [2.24, 2.45) is 16.8 Å². The van der Waals surface area contributed by atoms with Crippen LogP contribution in [0.2, 0.25) is 0 Å². The highest BCUT2D eigenvalue weighted by molar-refractivity contribution is 6.01. The fraction of sp³-hybridized carbons (Fsp3) is 0.607. The number of rotatable bonds is 10. The molecule has 3 nitrogen and oxygen atoms in total. The zero-order chi connectivity index (χ0) is 22.4. The van der Waals surface area contributed by atoms with E-state index in [1.54, 1.807) is 0 Å². The number of nitrogens with zero attached hydrogens (tertiary/aromatic N) is 2. The van der Waals surface area contributed by atoms with Gasteiger partial charge in [-0.2, -0.15) is 0 Å². The molecule has 1 aliphatic carbocycles. The quantitative estimate of drug-likeness (QED) is 0.401. The molecule has 0 aromatic carbocycles. The Labute approximate surface area is 190 Å². The van der Waals surface area contributed by atoms with E-state index in [1.165, 1.54) is 66.6 Å². The Bertz CT molecular complexity index is 808. The lowest BCUT2D eigenvalue weighted by molar-refractivity contribution is 0.266. The number of hydrogen-bond acceptors (Lipinski definition) is 3. The predicted octanol–water partition coefficient (Wildman–Crippen LogP) is 7.27. The van der Waals surface area contributed by atoms with Gasteiger partial charge < -0.3 is 10.2 Å². The molecule has 170 valence electrons. The first-order chi connectivity index (χ1) is 15.0. The van der Waals surface area contributed by atoms with E-state index in [4.69, 9.17) is 4.99 Å². The van der Waals surface area contributed by atoms with Gasteiger partial charge in [-0.25, -0.2) is 4.99 Å². The van der Waals surface area contributed by atoms with E-state index in [9.17, 15) is 0 Å². The van der Waals surface area contributed by atoms with Crippen LogP contribution in [0.15, 0.2) is 64.1 Å². The van der Waals surface area contributed by atoms with Crippen molar-refractivity contribution in [3.05, 3.63) is 59.1 Å². The Hall–Kier alpha value is -2.03. The van der Waals surface area contributed by atoms with Gasteiger partial charge in [0, 0.05) is 36.0 Å². The van der Waals surface area contributed by atoms with E-state index in [2.05, 4.69) is 63.2 Å². The molecule has 2 heterocycles. The van der Waals surface area contributed by atoms with E-state index in [0.717, 1.165) is 49.8 Å². The third kappa shape index (κ3) is 5.81. The van der Waals surface area contributed by atoms with Gasteiger partial charge in [0.1, 0.15) is 5.84 Å². The van der Waals surface area contributed by atoms with Crippen LogP contribution in [0, 0.1) is 11.8 Å². The third-order valence-electron chi connectivity index (χ3n) is 7.17. The second kappa shape index (κ2) is 11.0. The summed E-state index contributed by atoms with van der Waals surface area (Å²) in [4.78, 5) is 7.73. The molecule has 0 aromatic rings. The van der Waals surface area contributed by atoms with Gasteiger partial charge in [0.25, 0.3) is 0 Å². The number of amidine groups is 1. The molecule has 0 saturated carbocycles. The summed E-state index contributed by atoms with van der Waals surface area (Å²) in [6.07, 6.45) is 15.2. The van der Waals surface area contributed by atoms with Crippen molar-refractivity contribution >= 4 is 5.84 Å². The highest BCUT2D eigenvalue weighted by Gasteiger charge is 2.33. The van der Waals surface area contributed by atoms with Crippen LogP contribution in [0.4, 0.5) is 0 Å². The standard InChI is InChI=1S/C28H43N3/c1-7-10-12-25-18-31(21(5)17-23(9-3)11-8-2)19-26-22(6)29-28(30-27(25)26)24-15-13-20(4)14-16-24/h13,15,23,25H,5-12,14,16-19H2,1-4H3,(H,29,30). The molecule has 3 rings (SSSR count). The molecule has 1 N–H and O–H groups in total. The van der Waals surface area contributed by atoms with Crippen molar-refractivity contribution < 1.29 is 0 Å². The predicted molar refractivity (Wildman–Crippen MR) is 135 cm³/mol. The molecule has 2 unspecified atom stereocenters. The first kappa shape index (κ1) is 23.6. The normalized spacial score (nSPS) is 22.3. The largest absolute Gasteiger partial charge is 0.370 e. The van der Waals surface area contributed by atoms with Gasteiger partial charge in [0.2, 0.25) is 0 Å². The highest BCUT2D eigenvalue weighted by atomic mass is 15.2. The monoisotopic (exact) mass is 421 g/mol. The van der Waals surface area contributed by atoms with Gasteiger partial charge in [0.15, 0.2) is 0 Å². The van der Waals surface area contributed by atoms with E-state index < -0.39 is 0 Å². The summed E-state index contributed by atoms with van der Waals surface area (Å²) in [5.41, 5.74) is 7.66. The lowest BCUT2D eigenvalue weighted by atomic mass is 9.87. The Kier molecular flexibility index (Phi) is 8.40. The number of hydrogen-bond donors (Lipinski definition) is 1. The summed E-state index contributed by atoms with van der Waals surface area (Å²) in [5.74, 6) is 2.23. The smallest absolute Gasteiger partial charge is 0.133 e. The topological polar surface area (TPSA) is 27.6 Å². The average Bonchev–Trinajstić information content (AvgIpc) is 2.77. The lowest BCUT2D eigenvalue weighted by Crippen LogP contribution is -2.42. The van der Waals surface area contributed by atoms with Gasteiger partial charge in [-0.15, -0.1) is 0 Å². The van der Waals surface area contributed by atoms with Gasteiger partial charge >= 0.3 is 0 Å². The highest BCUT2D eigenvalue weighted by Crippen LogP contribution is 2.37. The van der Waals surface area contributed by atoms with Crippen molar-refractivity contribution in [3.8, 4) is 0 Å². The molecule has 0 radical (unpaired) electrons. The summed E-state index contributed by atoms with van der Waals surface area (Å²) in [6, 6.07) is 0. The van der Waals surface area contributed by atoms with E-state index in [-0.39, 0.29) is 0 Å². The first-order valence-corrected chi connectivity index (χ1v) is 12.5. The lowest BCUT2D eigenvalue weighted by Gasteiger charge is -2.41. The zero-order valence-corrected chi connectivity index (χ0v) is 20.4. The molecule has 0 aromatic heterocycles. The van der Waals surface area contributed by atoms with Crippen molar-refractivity contribution in [2.45, 2.75) is 85.5 Å². The van der Waals surface area contributed by atoms with Gasteiger partial charge in [-0.1, -0.05) is 83.8 Å². The molecule has 0 bridgehead atoms. The summed E-state index contributed by atoms with van der Waals surface area (Å²) < 4.78 is 0. The molecule has 0 fully saturated rings. The zero-order valence-electron chi connectivity index (χ0n) is 20.4. The molecule has 31 heavy (non-hydrogen) atoms. The fourth-order valence-corrected chi connectivity index (χ4v) is 5.04. The molecular weight excluding hydrogens is 378 g/mol. The van der Waals surface area contributed by atoms with Crippen LogP contribution >= 0.6 is 0 Å². The van der Waals surface area contributed by atoms with Gasteiger partial charge in [-0.3, -0.25) is 0 Å². The summed E-state index contributed by atoms with van der Waals surface area (Å²) in [7, 11) is 0. The van der Waals surface area contributed by atoms with E-state index in [1.807, 2.05) is 0 Å². The number of unbranched alkanes of at least 4 members (excludes halogenated alkanes) is 1. The minimum Gasteiger partial charge on any atom is -0.370 e. The maximum atomic E-state index is 5.21. The van der Waals surface area contributed by atoms with Crippen molar-refractivity contribution in [1.82, 2.24) is 10.2 Å². The van der Waals surface area contributed by atoms with Crippen LogP contribution in [0.3, 0.4) is 0 Å². The Morgan fingerprint density at radius 2 is 2.03 bits per heavy atom. The van der Waals surface area contributed by atoms with Crippen molar-refractivity contribution in [3.63, 3.8) is 0 Å². The van der Waals surface area contributed by atoms with Crippen LogP contribution in [0.5, 0.6) is 0 Å². The van der Waals surface area contributed by atoms with E-state index in [0.29, 0.717) is 5.92 Å². The minimum absolute atomic E-state index is 0.460. The number of allylic oxidation sites excluding steroid dienone is 4. The van der Waals surface area contributed by atoms with Gasteiger partial charge in [0.05, 0.1) is 5.70 Å². The maximum Gasteiger partial charge on any atom is 0.133 e. The molecule has 2 atom stereocenters. The maximum absolute atomic E-state index is 5.21. The molecule has 3 aliphatic rings. The summed E-state index contributed by atoms with van der Waals surface area (Å²) >= 11 is 0. The van der Waals surface area contributed by atoms with Crippen LogP contribution in [-0.4, -0.2) is 23.8 Å². The number of aliphatic imine (C=N–C) groups is 1. The average molecular weight is 422 g/mol. The summed E-state index contributed by atoms with van der Waals surface area (Å²) in [5, 5.41) is 3.55. The Morgan fingerprint density at radius 1 is 1.23 bits per heavy atom. The third-order valence-corrected chi connectivity index (χ3v) is 7.17. The van der Waals surface area contributed by atoms with Crippen LogP contribution in [-0.2, 0) is 0 Å². The summed E-state index contributed by atoms with van der Waals surface area (Å²) in [6.45, 7) is 20.0. The fourth-order valence-electron chi connectivity index (χ4n) is 5.04. The Balaban J connectivity index is 1.85. The minimum atomic E-state index is 0.460. The number of nitrogens with one attached hydrogen (secondary N) is 1. The van der Waals surface area contributed by atoms with Crippen LogP contribution in [0.25, 0.3) is 0 Å². The molecule has 2 aliphatic heterocycles.